The Hall–Kier alpha value is -0.610. The third-order valence-electron chi connectivity index (χ3n) is 2.71. The van der Waals surface area contributed by atoms with Crippen molar-refractivity contribution in [2.24, 2.45) is 0 Å². The molecule has 0 aliphatic carbocycles. The lowest BCUT2D eigenvalue weighted by Crippen LogP contribution is -2.27. The van der Waals surface area contributed by atoms with Gasteiger partial charge >= 0.3 is 0 Å². The Bertz CT molecular complexity index is 296. The van der Waals surface area contributed by atoms with Crippen LogP contribution in [0.2, 0.25) is 0 Å². The summed E-state index contributed by atoms with van der Waals surface area (Å²) >= 11 is 1.69. The summed E-state index contributed by atoms with van der Waals surface area (Å²) in [6.07, 6.45) is 2.45. The molecule has 1 rings (SSSR count). The summed E-state index contributed by atoms with van der Waals surface area (Å²) in [7, 11) is 2.18. The summed E-state index contributed by atoms with van der Waals surface area (Å²) in [5.41, 5.74) is 1.10. The molecule has 1 heterocycles. The Labute approximate surface area is 103 Å². The third-order valence-corrected chi connectivity index (χ3v) is 3.63. The van der Waals surface area contributed by atoms with E-state index in [-0.39, 0.29) is 0 Å². The summed E-state index contributed by atoms with van der Waals surface area (Å²) in [5, 5.41) is 6.49. The van der Waals surface area contributed by atoms with Gasteiger partial charge in [-0.2, -0.15) is 0 Å². The third kappa shape index (κ3) is 4.94. The highest BCUT2D eigenvalue weighted by Crippen LogP contribution is 2.14. The Morgan fingerprint density at radius 1 is 1.44 bits per heavy atom. The lowest BCUT2D eigenvalue weighted by molar-refractivity contribution is 0.269. The molecule has 0 aromatic carbocycles. The Balaban J connectivity index is 2.04. The normalized spacial score (nSPS) is 11.4. The fourth-order valence-electron chi connectivity index (χ4n) is 1.37. The molecule has 92 valence electrons. The van der Waals surface area contributed by atoms with Gasteiger partial charge in [0, 0.05) is 18.0 Å². The van der Waals surface area contributed by atoms with E-state index in [2.05, 4.69) is 41.5 Å². The second-order valence-electron chi connectivity index (χ2n) is 4.50. The molecule has 0 saturated carbocycles. The second-order valence-corrected chi connectivity index (χ2v) is 5.36. The van der Waals surface area contributed by atoms with Crippen LogP contribution in [0.3, 0.4) is 0 Å². The summed E-state index contributed by atoms with van der Waals surface area (Å²) in [6, 6.07) is 0.648. The van der Waals surface area contributed by atoms with Crippen LogP contribution in [0.1, 0.15) is 32.4 Å². The van der Waals surface area contributed by atoms with Crippen molar-refractivity contribution in [1.29, 1.82) is 0 Å². The van der Waals surface area contributed by atoms with E-state index < -0.39 is 0 Å². The number of rotatable bonds is 7. The first-order chi connectivity index (χ1) is 7.59. The largest absolute Gasteiger partial charge is 0.362 e. The molecule has 0 fully saturated rings. The van der Waals surface area contributed by atoms with Crippen LogP contribution >= 0.6 is 11.3 Å². The molecule has 1 aromatic heterocycles. The summed E-state index contributed by atoms with van der Waals surface area (Å²) in [5.74, 6) is 0. The van der Waals surface area contributed by atoms with E-state index in [0.717, 1.165) is 17.4 Å². The smallest absolute Gasteiger partial charge is 0.182 e. The fraction of sp³-hybridized carbons (Fsp3) is 0.750. The molecule has 16 heavy (non-hydrogen) atoms. The van der Waals surface area contributed by atoms with Gasteiger partial charge in [-0.3, -0.25) is 0 Å². The first kappa shape index (κ1) is 13.5. The predicted molar refractivity (Wildman–Crippen MR) is 72.3 cm³/mol. The van der Waals surface area contributed by atoms with Crippen LogP contribution in [-0.4, -0.2) is 36.1 Å². The maximum atomic E-state index is 4.37. The van der Waals surface area contributed by atoms with Crippen LogP contribution in [-0.2, 0) is 0 Å². The molecule has 1 aromatic rings. The number of unbranched alkanes of at least 4 members (excludes halogenated alkanes) is 1. The standard InChI is InChI=1S/C12H23N3S/c1-10(2)15(4)8-6-5-7-13-12-14-11(3)9-16-12/h9-10H,5-8H2,1-4H3,(H,13,14). The van der Waals surface area contributed by atoms with E-state index in [1.54, 1.807) is 11.3 Å². The van der Waals surface area contributed by atoms with Gasteiger partial charge < -0.3 is 10.2 Å². The fourth-order valence-corrected chi connectivity index (χ4v) is 2.09. The van der Waals surface area contributed by atoms with Crippen molar-refractivity contribution in [1.82, 2.24) is 9.88 Å². The van der Waals surface area contributed by atoms with Gasteiger partial charge in [0.2, 0.25) is 0 Å². The average Bonchev–Trinajstić information content (AvgIpc) is 2.63. The SMILES string of the molecule is Cc1csc(NCCCCN(C)C(C)C)n1. The highest BCUT2D eigenvalue weighted by molar-refractivity contribution is 7.13. The summed E-state index contributed by atoms with van der Waals surface area (Å²) in [6.45, 7) is 8.70. The van der Waals surface area contributed by atoms with Crippen LogP contribution in [0.4, 0.5) is 5.13 Å². The molecule has 0 unspecified atom stereocenters. The first-order valence-corrected chi connectivity index (χ1v) is 6.84. The molecule has 0 aliphatic rings. The molecule has 0 amide bonds. The van der Waals surface area contributed by atoms with Crippen molar-refractivity contribution in [2.75, 3.05) is 25.5 Å². The van der Waals surface area contributed by atoms with Crippen LogP contribution in [0.5, 0.6) is 0 Å². The number of nitrogens with zero attached hydrogens (tertiary/aromatic N) is 2. The number of aryl methyl sites for hydroxylation is 1. The predicted octanol–water partition coefficient (Wildman–Crippen LogP) is 2.98. The molecular formula is C12H23N3S. The van der Waals surface area contributed by atoms with Gasteiger partial charge in [0.25, 0.3) is 0 Å². The summed E-state index contributed by atoms with van der Waals surface area (Å²) < 4.78 is 0. The van der Waals surface area contributed by atoms with E-state index >= 15 is 0 Å². The van der Waals surface area contributed by atoms with Crippen LogP contribution in [0.15, 0.2) is 5.38 Å². The number of thiazole rings is 1. The molecule has 0 radical (unpaired) electrons. The number of nitrogens with one attached hydrogen (secondary N) is 1. The molecule has 0 atom stereocenters. The minimum absolute atomic E-state index is 0.648. The molecule has 0 saturated heterocycles. The molecule has 3 nitrogen and oxygen atoms in total. The van der Waals surface area contributed by atoms with Crippen LogP contribution in [0.25, 0.3) is 0 Å². The van der Waals surface area contributed by atoms with Crippen molar-refractivity contribution >= 4 is 16.5 Å². The number of hydrogen-bond acceptors (Lipinski definition) is 4. The van der Waals surface area contributed by atoms with E-state index in [9.17, 15) is 0 Å². The van der Waals surface area contributed by atoms with E-state index in [1.807, 2.05) is 6.92 Å². The Morgan fingerprint density at radius 3 is 2.75 bits per heavy atom. The highest BCUT2D eigenvalue weighted by atomic mass is 32.1. The first-order valence-electron chi connectivity index (χ1n) is 5.96. The van der Waals surface area contributed by atoms with Gasteiger partial charge in [-0.15, -0.1) is 11.3 Å². The molecule has 0 bridgehead atoms. The van der Waals surface area contributed by atoms with Crippen molar-refractivity contribution in [3.63, 3.8) is 0 Å². The van der Waals surface area contributed by atoms with E-state index in [4.69, 9.17) is 0 Å². The lowest BCUT2D eigenvalue weighted by Gasteiger charge is -2.20. The molecule has 0 aliphatic heterocycles. The van der Waals surface area contributed by atoms with Crippen molar-refractivity contribution < 1.29 is 0 Å². The van der Waals surface area contributed by atoms with Crippen LogP contribution in [0, 0.1) is 6.92 Å². The molecule has 1 N–H and O–H groups in total. The van der Waals surface area contributed by atoms with Crippen molar-refractivity contribution in [3.05, 3.63) is 11.1 Å². The zero-order valence-corrected chi connectivity index (χ0v) is 11.6. The monoisotopic (exact) mass is 241 g/mol. The lowest BCUT2D eigenvalue weighted by atomic mass is 10.2. The number of aromatic nitrogens is 1. The molecule has 4 heteroatoms. The topological polar surface area (TPSA) is 28.2 Å². The van der Waals surface area contributed by atoms with Gasteiger partial charge in [-0.25, -0.2) is 4.98 Å². The van der Waals surface area contributed by atoms with Crippen LogP contribution < -0.4 is 5.32 Å². The van der Waals surface area contributed by atoms with Gasteiger partial charge in [0.15, 0.2) is 5.13 Å². The summed E-state index contributed by atoms with van der Waals surface area (Å²) in [4.78, 5) is 6.75. The number of anilines is 1. The van der Waals surface area contributed by atoms with Gasteiger partial charge in [0.05, 0.1) is 5.69 Å². The maximum absolute atomic E-state index is 4.37. The van der Waals surface area contributed by atoms with Crippen molar-refractivity contribution in [3.8, 4) is 0 Å². The average molecular weight is 241 g/mol. The van der Waals surface area contributed by atoms with Gasteiger partial charge in [-0.1, -0.05) is 0 Å². The van der Waals surface area contributed by atoms with Gasteiger partial charge in [0.1, 0.15) is 0 Å². The minimum atomic E-state index is 0.648. The Kier molecular flexibility index (Phi) is 5.77. The Morgan fingerprint density at radius 2 is 2.19 bits per heavy atom. The second kappa shape index (κ2) is 6.86. The van der Waals surface area contributed by atoms with Gasteiger partial charge in [-0.05, 0) is 47.2 Å². The van der Waals surface area contributed by atoms with E-state index in [0.29, 0.717) is 6.04 Å². The number of hydrogen-bond donors (Lipinski definition) is 1. The molecule has 0 spiro atoms. The molecular weight excluding hydrogens is 218 g/mol. The quantitative estimate of drug-likeness (QED) is 0.744. The van der Waals surface area contributed by atoms with E-state index in [1.165, 1.54) is 19.4 Å². The zero-order valence-electron chi connectivity index (χ0n) is 10.8. The maximum Gasteiger partial charge on any atom is 0.182 e. The minimum Gasteiger partial charge on any atom is -0.362 e. The van der Waals surface area contributed by atoms with Crippen molar-refractivity contribution in [2.45, 2.75) is 39.7 Å². The highest BCUT2D eigenvalue weighted by Gasteiger charge is 2.02. The zero-order chi connectivity index (χ0) is 12.0.